The first-order chi connectivity index (χ1) is 18.5. The Bertz CT molecular complexity index is 1330. The number of rotatable bonds is 9. The molecule has 1 amide bonds. The second kappa shape index (κ2) is 11.3. The molecular formula is C26H33FN6O6. The van der Waals surface area contributed by atoms with Gasteiger partial charge in [0, 0.05) is 0 Å². The molecule has 3 aromatic rings. The molecule has 6 atom stereocenters. The minimum atomic E-state index is -1.46. The van der Waals surface area contributed by atoms with Gasteiger partial charge in [-0.3, -0.25) is 9.59 Å². The summed E-state index contributed by atoms with van der Waals surface area (Å²) in [5.41, 5.74) is 11.9. The van der Waals surface area contributed by atoms with E-state index in [2.05, 4.69) is 15.4 Å². The van der Waals surface area contributed by atoms with Crippen molar-refractivity contribution in [3.05, 3.63) is 59.8 Å². The summed E-state index contributed by atoms with van der Waals surface area (Å²) >= 11 is 0. The van der Waals surface area contributed by atoms with Gasteiger partial charge in [-0.2, -0.15) is 5.10 Å². The minimum Gasteiger partial charge on any atom is -0.455 e. The van der Waals surface area contributed by atoms with Crippen molar-refractivity contribution in [1.82, 2.24) is 14.6 Å². The Hall–Kier alpha value is -3.49. The van der Waals surface area contributed by atoms with Gasteiger partial charge < -0.3 is 36.5 Å². The van der Waals surface area contributed by atoms with E-state index in [9.17, 15) is 24.2 Å². The smallest absolute Gasteiger partial charge is 0.323 e. The van der Waals surface area contributed by atoms with Crippen LogP contribution in [0.5, 0.6) is 0 Å². The quantitative estimate of drug-likeness (QED) is 0.234. The van der Waals surface area contributed by atoms with Crippen LogP contribution < -0.4 is 16.8 Å². The Morgan fingerprint density at radius 1 is 1.23 bits per heavy atom. The Labute approximate surface area is 224 Å². The predicted octanol–water partition coefficient (Wildman–Crippen LogP) is 0.239. The van der Waals surface area contributed by atoms with Gasteiger partial charge in [0.2, 0.25) is 5.91 Å². The standard InChI is InChI=1S/C26H33FN6O6/c1-13(2)20(29)25(37)38-21-18(11-34)39-26(3,22(21)35)19-9-8-17-23(30-12-31-33(17)19)32-24(36)16(28)10-14-4-6-15(27)7-5-14/h4-9,12-13,16,18,20-22,34-35H,10-11,28-29H2,1-3H3,(H,30,31,32,36)/t16-,18+,20-,21+,22+,26-/m0/s1. The normalized spacial score (nSPS) is 24.6. The van der Waals surface area contributed by atoms with Crippen LogP contribution in [0.1, 0.15) is 32.0 Å². The van der Waals surface area contributed by atoms with Gasteiger partial charge in [0.25, 0.3) is 0 Å². The first kappa shape index (κ1) is 28.5. The number of carbonyl (C=O) groups excluding carboxylic acids is 2. The molecular weight excluding hydrogens is 511 g/mol. The van der Waals surface area contributed by atoms with Crippen molar-refractivity contribution in [2.75, 3.05) is 11.9 Å². The topological polar surface area (TPSA) is 187 Å². The molecule has 1 saturated heterocycles. The largest absolute Gasteiger partial charge is 0.455 e. The number of carbonyl (C=O) groups is 2. The number of nitrogens with one attached hydrogen (secondary N) is 1. The first-order valence-electron chi connectivity index (χ1n) is 12.5. The second-order valence-electron chi connectivity index (χ2n) is 10.1. The number of hydrogen-bond acceptors (Lipinski definition) is 10. The van der Waals surface area contributed by atoms with E-state index in [4.69, 9.17) is 20.9 Å². The molecule has 0 bridgehead atoms. The average molecular weight is 545 g/mol. The zero-order valence-electron chi connectivity index (χ0n) is 21.8. The number of aliphatic hydroxyl groups excluding tert-OH is 2. The molecule has 2 aromatic heterocycles. The van der Waals surface area contributed by atoms with Gasteiger partial charge in [0.15, 0.2) is 11.9 Å². The van der Waals surface area contributed by atoms with E-state index in [0.29, 0.717) is 16.8 Å². The molecule has 1 aromatic carbocycles. The number of anilines is 1. The summed E-state index contributed by atoms with van der Waals surface area (Å²) in [6, 6.07) is 7.10. The maximum absolute atomic E-state index is 13.2. The van der Waals surface area contributed by atoms with E-state index in [1.165, 1.54) is 23.0 Å². The molecule has 1 aliphatic heterocycles. The minimum absolute atomic E-state index is 0.163. The van der Waals surface area contributed by atoms with Crippen LogP contribution in [-0.2, 0) is 31.1 Å². The van der Waals surface area contributed by atoms with Gasteiger partial charge in [-0.25, -0.2) is 13.9 Å². The molecule has 1 fully saturated rings. The molecule has 1 aliphatic rings. The maximum Gasteiger partial charge on any atom is 0.323 e. The van der Waals surface area contributed by atoms with E-state index >= 15 is 0 Å². The van der Waals surface area contributed by atoms with Crippen LogP contribution in [-0.4, -0.2) is 73.7 Å². The molecule has 3 heterocycles. The molecule has 0 saturated carbocycles. The lowest BCUT2D eigenvalue weighted by molar-refractivity contribution is -0.159. The van der Waals surface area contributed by atoms with Gasteiger partial charge >= 0.3 is 5.97 Å². The van der Waals surface area contributed by atoms with Crippen molar-refractivity contribution in [1.29, 1.82) is 0 Å². The number of esters is 1. The molecule has 13 heteroatoms. The van der Waals surface area contributed by atoms with Gasteiger partial charge in [-0.05, 0) is 49.1 Å². The third-order valence-corrected chi connectivity index (χ3v) is 6.97. The molecule has 7 N–H and O–H groups in total. The summed E-state index contributed by atoms with van der Waals surface area (Å²) in [5.74, 6) is -1.65. The van der Waals surface area contributed by atoms with Crippen LogP contribution >= 0.6 is 0 Å². The van der Waals surface area contributed by atoms with Crippen LogP contribution in [0, 0.1) is 11.7 Å². The summed E-state index contributed by atoms with van der Waals surface area (Å²) in [5, 5.41) is 28.1. The molecule has 12 nitrogen and oxygen atoms in total. The highest BCUT2D eigenvalue weighted by molar-refractivity contribution is 5.97. The molecule has 0 radical (unpaired) electrons. The molecule has 0 aliphatic carbocycles. The number of aromatic nitrogens is 3. The number of fused-ring (bicyclic) bond motifs is 1. The number of ether oxygens (including phenoxy) is 2. The van der Waals surface area contributed by atoms with Crippen molar-refractivity contribution in [3.63, 3.8) is 0 Å². The van der Waals surface area contributed by atoms with Crippen LogP contribution in [0.15, 0.2) is 42.7 Å². The molecule has 4 rings (SSSR count). The first-order valence-corrected chi connectivity index (χ1v) is 12.5. The predicted molar refractivity (Wildman–Crippen MR) is 138 cm³/mol. The lowest BCUT2D eigenvalue weighted by atomic mass is 9.93. The van der Waals surface area contributed by atoms with Crippen LogP contribution in [0.3, 0.4) is 0 Å². The fourth-order valence-corrected chi connectivity index (χ4v) is 4.53. The summed E-state index contributed by atoms with van der Waals surface area (Å²) < 4.78 is 26.1. The van der Waals surface area contributed by atoms with Crippen LogP contribution in [0.4, 0.5) is 10.2 Å². The summed E-state index contributed by atoms with van der Waals surface area (Å²) in [6.07, 6.45) is -2.20. The van der Waals surface area contributed by atoms with E-state index in [-0.39, 0.29) is 24.0 Å². The fourth-order valence-electron chi connectivity index (χ4n) is 4.53. The van der Waals surface area contributed by atoms with Gasteiger partial charge in [-0.15, -0.1) is 0 Å². The number of benzene rings is 1. The van der Waals surface area contributed by atoms with Crippen molar-refractivity contribution in [2.24, 2.45) is 17.4 Å². The van der Waals surface area contributed by atoms with Crippen LogP contribution in [0.2, 0.25) is 0 Å². The third kappa shape index (κ3) is 5.63. The highest BCUT2D eigenvalue weighted by atomic mass is 19.1. The van der Waals surface area contributed by atoms with E-state index in [1.807, 2.05) is 0 Å². The Balaban J connectivity index is 1.56. The van der Waals surface area contributed by atoms with Gasteiger partial charge in [-0.1, -0.05) is 26.0 Å². The number of halogens is 1. The van der Waals surface area contributed by atoms with E-state index in [0.717, 1.165) is 0 Å². The van der Waals surface area contributed by atoms with Crippen molar-refractivity contribution < 1.29 is 33.7 Å². The number of nitrogens with zero attached hydrogens (tertiary/aromatic N) is 3. The molecule has 39 heavy (non-hydrogen) atoms. The fraction of sp³-hybridized carbons (Fsp3) is 0.462. The molecule has 0 spiro atoms. The Morgan fingerprint density at radius 2 is 1.92 bits per heavy atom. The number of amides is 1. The van der Waals surface area contributed by atoms with E-state index in [1.54, 1.807) is 45.0 Å². The Kier molecular flexibility index (Phi) is 8.28. The van der Waals surface area contributed by atoms with Crippen LogP contribution in [0.25, 0.3) is 5.52 Å². The average Bonchev–Trinajstić information content (AvgIpc) is 3.45. The second-order valence-corrected chi connectivity index (χ2v) is 10.1. The number of aliphatic hydroxyl groups is 2. The van der Waals surface area contributed by atoms with Crippen molar-refractivity contribution in [3.8, 4) is 0 Å². The Morgan fingerprint density at radius 3 is 2.56 bits per heavy atom. The van der Waals surface area contributed by atoms with E-state index < -0.39 is 54.5 Å². The van der Waals surface area contributed by atoms with Crippen molar-refractivity contribution >= 4 is 23.2 Å². The summed E-state index contributed by atoms with van der Waals surface area (Å²) in [7, 11) is 0. The lowest BCUT2D eigenvalue weighted by Crippen LogP contribution is -2.46. The van der Waals surface area contributed by atoms with Gasteiger partial charge in [0.1, 0.15) is 41.5 Å². The molecule has 210 valence electrons. The number of nitrogens with two attached hydrogens (primary N) is 2. The summed E-state index contributed by atoms with van der Waals surface area (Å²) in [6.45, 7) is 4.59. The highest BCUT2D eigenvalue weighted by Crippen LogP contribution is 2.41. The molecule has 0 unspecified atom stereocenters. The summed E-state index contributed by atoms with van der Waals surface area (Å²) in [4.78, 5) is 29.5. The van der Waals surface area contributed by atoms with Crippen molar-refractivity contribution in [2.45, 2.75) is 63.2 Å². The SMILES string of the molecule is CC(C)[C@H](N)C(=O)O[C@H]1[C@@H](O)[C@](C)(c2ccc3c(NC(=O)[C@@H](N)Cc4ccc(F)cc4)ncnn23)O[C@@H]1CO. The lowest BCUT2D eigenvalue weighted by Gasteiger charge is -2.28. The maximum atomic E-state index is 13.2. The number of hydrogen-bond donors (Lipinski definition) is 5. The highest BCUT2D eigenvalue weighted by Gasteiger charge is 2.56. The third-order valence-electron chi connectivity index (χ3n) is 6.97. The zero-order chi connectivity index (χ0) is 28.5. The van der Waals surface area contributed by atoms with Gasteiger partial charge in [0.05, 0.1) is 18.3 Å². The monoisotopic (exact) mass is 544 g/mol. The zero-order valence-corrected chi connectivity index (χ0v) is 21.8.